The summed E-state index contributed by atoms with van der Waals surface area (Å²) in [6, 6.07) is 8.73. The van der Waals surface area contributed by atoms with Crippen LogP contribution in [-0.4, -0.2) is 46.6 Å². The highest BCUT2D eigenvalue weighted by molar-refractivity contribution is 6.53. The number of Topliss-reactive ketones (excluding diaryl/α,β-unsaturated/α-hetero) is 1. The summed E-state index contributed by atoms with van der Waals surface area (Å²) in [4.78, 5) is 37.8. The number of carbonyl (C=O) groups is 3. The maximum Gasteiger partial charge on any atom is 0.397 e. The molecule has 2 aromatic carbocycles. The zero-order valence-corrected chi connectivity index (χ0v) is 21.5. The molecule has 1 saturated carbocycles. The number of benzene rings is 2. The minimum absolute atomic E-state index is 0.00780. The predicted molar refractivity (Wildman–Crippen MR) is 130 cm³/mol. The van der Waals surface area contributed by atoms with Crippen molar-refractivity contribution in [2.45, 2.75) is 22.8 Å². The van der Waals surface area contributed by atoms with E-state index in [2.05, 4.69) is 5.32 Å². The second-order valence-corrected chi connectivity index (χ2v) is 10.7. The smallest absolute Gasteiger partial charge is 0.338 e. The molecule has 0 bridgehead atoms. The van der Waals surface area contributed by atoms with E-state index >= 15 is 0 Å². The van der Waals surface area contributed by atoms with Crippen LogP contribution >= 0.6 is 58.0 Å². The molecule has 2 unspecified atom stereocenters. The van der Waals surface area contributed by atoms with Gasteiger partial charge in [0.25, 0.3) is 0 Å². The zero-order chi connectivity index (χ0) is 26.3. The number of anilines is 1. The molecule has 188 valence electrons. The fourth-order valence-corrected chi connectivity index (χ4v) is 5.15. The first-order chi connectivity index (χ1) is 16.1. The van der Waals surface area contributed by atoms with Crippen LogP contribution in [0.25, 0.3) is 0 Å². The summed E-state index contributed by atoms with van der Waals surface area (Å²) in [5.74, 6) is -3.99. The number of nitrogens with one attached hydrogen (secondary N) is 1. The first kappa shape index (κ1) is 27.9. The van der Waals surface area contributed by atoms with Crippen molar-refractivity contribution in [3.8, 4) is 0 Å². The molecule has 1 aliphatic carbocycles. The standard InChI is InChI=1S/C22H16Cl5F3N2O3/c1-32(17(34)8-21(28,29)30)9-16(33)14-7-13(2-3-15(14)25)31-20(35)19-18(22(19,26)27)10-4-11(23)6-12(24)5-10/h2-7,18-19H,8-9H2,1H3,(H,31,35). The Kier molecular flexibility index (Phi) is 8.24. The van der Waals surface area contributed by atoms with Crippen LogP contribution in [0, 0.1) is 5.92 Å². The topological polar surface area (TPSA) is 66.5 Å². The van der Waals surface area contributed by atoms with E-state index in [1.807, 2.05) is 0 Å². The fraction of sp³-hybridized carbons (Fsp3) is 0.318. The van der Waals surface area contributed by atoms with Gasteiger partial charge in [0.1, 0.15) is 10.8 Å². The van der Waals surface area contributed by atoms with Crippen LogP contribution in [-0.2, 0) is 9.59 Å². The molecule has 35 heavy (non-hydrogen) atoms. The first-order valence-electron chi connectivity index (χ1n) is 9.88. The number of rotatable bonds is 7. The lowest BCUT2D eigenvalue weighted by molar-refractivity contribution is -0.160. The number of hydrogen-bond donors (Lipinski definition) is 1. The Morgan fingerprint density at radius 2 is 1.63 bits per heavy atom. The lowest BCUT2D eigenvalue weighted by Gasteiger charge is -2.18. The van der Waals surface area contributed by atoms with E-state index in [0.717, 1.165) is 7.05 Å². The van der Waals surface area contributed by atoms with Crippen molar-refractivity contribution < 1.29 is 27.6 Å². The molecule has 0 spiro atoms. The summed E-state index contributed by atoms with van der Waals surface area (Å²) in [7, 11) is 1.07. The van der Waals surface area contributed by atoms with Gasteiger partial charge in [-0.05, 0) is 42.0 Å². The molecule has 1 aliphatic rings. The monoisotopic (exact) mass is 588 g/mol. The summed E-state index contributed by atoms with van der Waals surface area (Å²) >= 11 is 30.8. The van der Waals surface area contributed by atoms with Crippen LogP contribution < -0.4 is 5.32 Å². The second kappa shape index (κ2) is 10.3. The molecule has 2 amide bonds. The summed E-state index contributed by atoms with van der Waals surface area (Å²) in [6.45, 7) is -0.640. The molecular weight excluding hydrogens is 575 g/mol. The van der Waals surface area contributed by atoms with Gasteiger partial charge in [-0.15, -0.1) is 23.2 Å². The lowest BCUT2D eigenvalue weighted by atomic mass is 10.1. The Labute approximate surface area is 223 Å². The van der Waals surface area contributed by atoms with Crippen molar-refractivity contribution in [2.24, 2.45) is 5.92 Å². The van der Waals surface area contributed by atoms with Gasteiger partial charge >= 0.3 is 6.18 Å². The number of nitrogens with zero attached hydrogens (tertiary/aromatic N) is 1. The highest BCUT2D eigenvalue weighted by Crippen LogP contribution is 2.65. The molecule has 1 N–H and O–H groups in total. The van der Waals surface area contributed by atoms with Gasteiger partial charge in [0.2, 0.25) is 11.8 Å². The normalized spacial score (nSPS) is 18.7. The van der Waals surface area contributed by atoms with Crippen LogP contribution in [0.15, 0.2) is 36.4 Å². The second-order valence-electron chi connectivity index (χ2n) is 7.98. The number of alkyl halides is 5. The third-order valence-electron chi connectivity index (χ3n) is 5.27. The van der Waals surface area contributed by atoms with Crippen LogP contribution in [0.3, 0.4) is 0 Å². The Bertz CT molecular complexity index is 1170. The summed E-state index contributed by atoms with van der Waals surface area (Å²) in [6.07, 6.45) is -6.40. The largest absolute Gasteiger partial charge is 0.397 e. The zero-order valence-electron chi connectivity index (χ0n) is 17.7. The minimum Gasteiger partial charge on any atom is -0.338 e. The van der Waals surface area contributed by atoms with Gasteiger partial charge < -0.3 is 10.2 Å². The van der Waals surface area contributed by atoms with Crippen molar-refractivity contribution in [1.82, 2.24) is 4.90 Å². The fourth-order valence-electron chi connectivity index (χ4n) is 3.55. The maximum atomic E-state index is 12.9. The Morgan fingerprint density at radius 3 is 2.20 bits per heavy atom. The number of ketones is 1. The SMILES string of the molecule is CN(CC(=O)c1cc(NC(=O)C2C(c3cc(Cl)cc(Cl)c3)C2(Cl)Cl)ccc1Cl)C(=O)CC(F)(F)F. The van der Waals surface area contributed by atoms with Crippen LogP contribution in [0.2, 0.25) is 15.1 Å². The van der Waals surface area contributed by atoms with Crippen molar-refractivity contribution >= 4 is 81.3 Å². The molecule has 2 aromatic rings. The van der Waals surface area contributed by atoms with E-state index in [1.54, 1.807) is 12.1 Å². The molecule has 1 fully saturated rings. The van der Waals surface area contributed by atoms with Gasteiger partial charge in [-0.25, -0.2) is 0 Å². The van der Waals surface area contributed by atoms with Crippen molar-refractivity contribution in [2.75, 3.05) is 18.9 Å². The number of carbonyl (C=O) groups excluding carboxylic acids is 3. The molecule has 0 heterocycles. The maximum absolute atomic E-state index is 12.9. The van der Waals surface area contributed by atoms with Crippen LogP contribution in [0.5, 0.6) is 0 Å². The van der Waals surface area contributed by atoms with Gasteiger partial charge in [0.15, 0.2) is 5.78 Å². The number of likely N-dealkylation sites (N-methyl/N-ethyl adjacent to an activating group) is 1. The lowest BCUT2D eigenvalue weighted by Crippen LogP contribution is -2.35. The third-order valence-corrected chi connectivity index (χ3v) is 6.98. The summed E-state index contributed by atoms with van der Waals surface area (Å²) in [5.41, 5.74) is 0.658. The van der Waals surface area contributed by atoms with Crippen molar-refractivity contribution in [1.29, 1.82) is 0 Å². The minimum atomic E-state index is -4.70. The summed E-state index contributed by atoms with van der Waals surface area (Å²) < 4.78 is 35.9. The number of amides is 2. The van der Waals surface area contributed by atoms with Crippen molar-refractivity contribution in [3.05, 3.63) is 62.6 Å². The molecule has 13 heteroatoms. The molecule has 0 saturated heterocycles. The highest BCUT2D eigenvalue weighted by Gasteiger charge is 2.67. The van der Waals surface area contributed by atoms with Gasteiger partial charge in [0.05, 0.1) is 17.5 Å². The third kappa shape index (κ3) is 6.74. The van der Waals surface area contributed by atoms with Gasteiger partial charge in [-0.1, -0.05) is 34.8 Å². The van der Waals surface area contributed by atoms with E-state index in [1.165, 1.54) is 24.3 Å². The molecule has 0 aromatic heterocycles. The molecule has 3 rings (SSSR count). The predicted octanol–water partition coefficient (Wildman–Crippen LogP) is 6.77. The van der Waals surface area contributed by atoms with Gasteiger partial charge in [0, 0.05) is 34.3 Å². The Morgan fingerprint density at radius 1 is 1.03 bits per heavy atom. The average molecular weight is 591 g/mol. The van der Waals surface area contributed by atoms with E-state index in [0.29, 0.717) is 20.5 Å². The van der Waals surface area contributed by atoms with E-state index in [4.69, 9.17) is 58.0 Å². The van der Waals surface area contributed by atoms with Crippen molar-refractivity contribution in [3.63, 3.8) is 0 Å². The van der Waals surface area contributed by atoms with E-state index in [-0.39, 0.29) is 16.3 Å². The Balaban J connectivity index is 1.72. The number of hydrogen-bond acceptors (Lipinski definition) is 3. The molecule has 5 nitrogen and oxygen atoms in total. The quantitative estimate of drug-likeness (QED) is 0.286. The van der Waals surface area contributed by atoms with E-state index < -0.39 is 52.9 Å². The van der Waals surface area contributed by atoms with E-state index in [9.17, 15) is 27.6 Å². The molecule has 0 radical (unpaired) electrons. The molecule has 2 atom stereocenters. The molecular formula is C22H16Cl5F3N2O3. The first-order valence-corrected chi connectivity index (χ1v) is 11.8. The average Bonchev–Trinajstić information content (AvgIpc) is 3.29. The molecule has 0 aliphatic heterocycles. The Hall–Kier alpha value is -1.71. The van der Waals surface area contributed by atoms with Gasteiger partial charge in [-0.3, -0.25) is 14.4 Å². The van der Waals surface area contributed by atoms with Crippen LogP contribution in [0.1, 0.15) is 28.3 Å². The summed E-state index contributed by atoms with van der Waals surface area (Å²) in [5, 5.41) is 3.29. The van der Waals surface area contributed by atoms with Gasteiger partial charge in [-0.2, -0.15) is 13.2 Å². The van der Waals surface area contributed by atoms with Crippen LogP contribution in [0.4, 0.5) is 18.9 Å². The number of halogens is 8. The highest BCUT2D eigenvalue weighted by atomic mass is 35.5.